The zero-order valence-corrected chi connectivity index (χ0v) is 17.7. The monoisotopic (exact) mass is 458 g/mol. The molecule has 1 fully saturated rings. The number of benzene rings is 1. The van der Waals surface area contributed by atoms with Crippen LogP contribution in [0.3, 0.4) is 0 Å². The highest BCUT2D eigenvalue weighted by Gasteiger charge is 2.33. The maximum absolute atomic E-state index is 13.2. The highest BCUT2D eigenvalue weighted by Crippen LogP contribution is 2.36. The number of pyridine rings is 1. The van der Waals surface area contributed by atoms with Gasteiger partial charge in [0.1, 0.15) is 0 Å². The summed E-state index contributed by atoms with van der Waals surface area (Å²) in [6.07, 6.45) is -1.15. The van der Waals surface area contributed by atoms with E-state index >= 15 is 0 Å². The van der Waals surface area contributed by atoms with E-state index in [0.29, 0.717) is 31.4 Å². The smallest absolute Gasteiger partial charge is 0.379 e. The fourth-order valence-electron chi connectivity index (χ4n) is 3.07. The molecule has 0 spiro atoms. The number of aromatic nitrogens is 1. The van der Waals surface area contributed by atoms with E-state index in [9.17, 15) is 13.2 Å². The highest BCUT2D eigenvalue weighted by molar-refractivity contribution is 7.80. The summed E-state index contributed by atoms with van der Waals surface area (Å²) < 4.78 is 44.9. The molecule has 5 nitrogen and oxygen atoms in total. The third-order valence-corrected chi connectivity index (χ3v) is 5.41. The average Bonchev–Trinajstić information content (AvgIpc) is 2.73. The van der Waals surface area contributed by atoms with Gasteiger partial charge in [0.25, 0.3) is 0 Å². The molecule has 1 aromatic heterocycles. The molecule has 1 N–H and O–H groups in total. The van der Waals surface area contributed by atoms with Crippen LogP contribution in [0.2, 0.25) is 5.02 Å². The van der Waals surface area contributed by atoms with Crippen molar-refractivity contribution in [3.05, 3.63) is 58.9 Å². The van der Waals surface area contributed by atoms with Crippen molar-refractivity contribution in [1.29, 1.82) is 0 Å². The summed E-state index contributed by atoms with van der Waals surface area (Å²) in [5.74, 6) is 0. The minimum atomic E-state index is -4.54. The molecule has 1 aliphatic heterocycles. The standard InChI is InChI=1S/C20H22ClF3N4OS/c21-18-2-1-16(13-17(18)20(22,23)24)26-19(30)28(14-15-3-5-25-6-4-15)8-7-27-9-11-29-12-10-27/h1-6,13H,7-12,14H2,(H,26,30). The Bertz CT molecular complexity index is 848. The number of halogens is 4. The number of thiocarbonyl (C=S) groups is 1. The molecule has 0 aliphatic carbocycles. The lowest BCUT2D eigenvalue weighted by Crippen LogP contribution is -2.44. The molecule has 1 aromatic carbocycles. The van der Waals surface area contributed by atoms with Crippen molar-refractivity contribution in [3.63, 3.8) is 0 Å². The molecule has 0 unspecified atom stereocenters. The molecule has 0 radical (unpaired) electrons. The van der Waals surface area contributed by atoms with Crippen LogP contribution in [-0.2, 0) is 17.5 Å². The van der Waals surface area contributed by atoms with Gasteiger partial charge in [0, 0.05) is 50.8 Å². The molecule has 0 atom stereocenters. The topological polar surface area (TPSA) is 40.6 Å². The third kappa shape index (κ3) is 6.53. The van der Waals surface area contributed by atoms with E-state index < -0.39 is 11.7 Å². The van der Waals surface area contributed by atoms with E-state index in [4.69, 9.17) is 28.6 Å². The maximum Gasteiger partial charge on any atom is 0.417 e. The van der Waals surface area contributed by atoms with Crippen molar-refractivity contribution in [2.75, 3.05) is 44.7 Å². The van der Waals surface area contributed by atoms with Gasteiger partial charge in [0.2, 0.25) is 0 Å². The number of nitrogens with zero attached hydrogens (tertiary/aromatic N) is 3. The van der Waals surface area contributed by atoms with Crippen molar-refractivity contribution in [2.45, 2.75) is 12.7 Å². The third-order valence-electron chi connectivity index (χ3n) is 4.72. The lowest BCUT2D eigenvalue weighted by atomic mass is 10.2. The minimum Gasteiger partial charge on any atom is -0.379 e. The Labute approximate surface area is 183 Å². The molecule has 0 bridgehead atoms. The van der Waals surface area contributed by atoms with Gasteiger partial charge in [-0.2, -0.15) is 13.2 Å². The largest absolute Gasteiger partial charge is 0.417 e. The van der Waals surface area contributed by atoms with E-state index in [2.05, 4.69) is 15.2 Å². The molecular weight excluding hydrogens is 437 g/mol. The van der Waals surface area contributed by atoms with Crippen LogP contribution in [-0.4, -0.2) is 59.3 Å². The molecule has 10 heteroatoms. The van der Waals surface area contributed by atoms with Gasteiger partial charge in [-0.15, -0.1) is 0 Å². The first-order valence-electron chi connectivity index (χ1n) is 9.44. The normalized spacial score (nSPS) is 15.1. The second kappa shape index (κ2) is 10.4. The van der Waals surface area contributed by atoms with E-state index in [0.717, 1.165) is 31.3 Å². The zero-order chi connectivity index (χ0) is 21.6. The van der Waals surface area contributed by atoms with Crippen molar-refractivity contribution >= 4 is 34.6 Å². The molecule has 2 aromatic rings. The Hall–Kier alpha value is -1.94. The summed E-state index contributed by atoms with van der Waals surface area (Å²) in [6.45, 7) is 4.97. The van der Waals surface area contributed by atoms with Gasteiger partial charge < -0.3 is 15.0 Å². The maximum atomic E-state index is 13.2. The predicted octanol–water partition coefficient (Wildman–Crippen LogP) is 4.29. The van der Waals surface area contributed by atoms with Crippen LogP contribution in [0.5, 0.6) is 0 Å². The van der Waals surface area contributed by atoms with E-state index in [-0.39, 0.29) is 10.7 Å². The second-order valence-electron chi connectivity index (χ2n) is 6.85. The number of anilines is 1. The van der Waals surface area contributed by atoms with Crippen LogP contribution < -0.4 is 5.32 Å². The number of nitrogens with one attached hydrogen (secondary N) is 1. The fourth-order valence-corrected chi connectivity index (χ4v) is 3.57. The first-order chi connectivity index (χ1) is 14.3. The summed E-state index contributed by atoms with van der Waals surface area (Å²) >= 11 is 11.2. The van der Waals surface area contributed by atoms with Crippen LogP contribution in [0.4, 0.5) is 18.9 Å². The van der Waals surface area contributed by atoms with Gasteiger partial charge in [-0.3, -0.25) is 9.88 Å². The molecule has 3 rings (SSSR count). The molecule has 0 amide bonds. The van der Waals surface area contributed by atoms with E-state index in [1.165, 1.54) is 12.1 Å². The lowest BCUT2D eigenvalue weighted by molar-refractivity contribution is -0.137. The first-order valence-corrected chi connectivity index (χ1v) is 10.2. The zero-order valence-electron chi connectivity index (χ0n) is 16.2. The minimum absolute atomic E-state index is 0.239. The summed E-state index contributed by atoms with van der Waals surface area (Å²) in [4.78, 5) is 8.22. The Morgan fingerprint density at radius 3 is 2.57 bits per heavy atom. The first kappa shape index (κ1) is 22.7. The molecule has 2 heterocycles. The van der Waals surface area contributed by atoms with Gasteiger partial charge in [-0.1, -0.05) is 11.6 Å². The van der Waals surface area contributed by atoms with Gasteiger partial charge >= 0.3 is 6.18 Å². The Morgan fingerprint density at radius 1 is 1.20 bits per heavy atom. The van der Waals surface area contributed by atoms with Gasteiger partial charge in [-0.05, 0) is 48.1 Å². The van der Waals surface area contributed by atoms with Crippen LogP contribution >= 0.6 is 23.8 Å². The second-order valence-corrected chi connectivity index (χ2v) is 7.65. The van der Waals surface area contributed by atoms with Gasteiger partial charge in [0.15, 0.2) is 5.11 Å². The number of hydrogen-bond acceptors (Lipinski definition) is 4. The van der Waals surface area contributed by atoms with Crippen LogP contribution in [0, 0.1) is 0 Å². The van der Waals surface area contributed by atoms with Crippen molar-refractivity contribution < 1.29 is 17.9 Å². The van der Waals surface area contributed by atoms with E-state index in [1.54, 1.807) is 12.4 Å². The molecule has 1 aliphatic rings. The van der Waals surface area contributed by atoms with Crippen LogP contribution in [0.1, 0.15) is 11.1 Å². The molecule has 0 saturated carbocycles. The van der Waals surface area contributed by atoms with Crippen molar-refractivity contribution in [1.82, 2.24) is 14.8 Å². The summed E-state index contributed by atoms with van der Waals surface area (Å²) in [5, 5.41) is 2.93. The molecule has 162 valence electrons. The summed E-state index contributed by atoms with van der Waals surface area (Å²) in [5.41, 5.74) is 0.344. The quantitative estimate of drug-likeness (QED) is 0.651. The lowest BCUT2D eigenvalue weighted by Gasteiger charge is -2.31. The summed E-state index contributed by atoms with van der Waals surface area (Å²) in [6, 6.07) is 7.44. The SMILES string of the molecule is FC(F)(F)c1cc(NC(=S)N(CCN2CCOCC2)Cc2ccncc2)ccc1Cl. The highest BCUT2D eigenvalue weighted by atomic mass is 35.5. The Balaban J connectivity index is 1.72. The van der Waals surface area contributed by atoms with Crippen LogP contribution in [0.15, 0.2) is 42.7 Å². The predicted molar refractivity (Wildman–Crippen MR) is 115 cm³/mol. The Kier molecular flexibility index (Phi) is 7.87. The number of alkyl halides is 3. The van der Waals surface area contributed by atoms with Crippen molar-refractivity contribution in [2.24, 2.45) is 0 Å². The van der Waals surface area contributed by atoms with Crippen LogP contribution in [0.25, 0.3) is 0 Å². The van der Waals surface area contributed by atoms with E-state index in [1.807, 2.05) is 17.0 Å². The molecule has 30 heavy (non-hydrogen) atoms. The number of rotatable bonds is 6. The average molecular weight is 459 g/mol. The van der Waals surface area contributed by atoms with Gasteiger partial charge in [-0.25, -0.2) is 0 Å². The van der Waals surface area contributed by atoms with Gasteiger partial charge in [0.05, 0.1) is 23.8 Å². The fraction of sp³-hybridized carbons (Fsp3) is 0.400. The number of hydrogen-bond donors (Lipinski definition) is 1. The number of morpholine rings is 1. The number of ether oxygens (including phenoxy) is 1. The molecular formula is C20H22ClF3N4OS. The molecule has 1 saturated heterocycles. The Morgan fingerprint density at radius 2 is 1.90 bits per heavy atom. The van der Waals surface area contributed by atoms with Crippen molar-refractivity contribution in [3.8, 4) is 0 Å². The summed E-state index contributed by atoms with van der Waals surface area (Å²) in [7, 11) is 0.